The van der Waals surface area contributed by atoms with Gasteiger partial charge in [0.1, 0.15) is 17.4 Å². The minimum absolute atomic E-state index is 0.139. The fourth-order valence-corrected chi connectivity index (χ4v) is 3.90. The number of piperazine rings is 1. The number of halogens is 2. The lowest BCUT2D eigenvalue weighted by molar-refractivity contribution is 0.0497. The van der Waals surface area contributed by atoms with Crippen molar-refractivity contribution < 1.29 is 19.4 Å². The van der Waals surface area contributed by atoms with Gasteiger partial charge in [-0.15, -0.1) is 0 Å². The summed E-state index contributed by atoms with van der Waals surface area (Å²) < 4.78 is 15.4. The van der Waals surface area contributed by atoms with Crippen LogP contribution in [-0.4, -0.2) is 69.9 Å². The number of amidine groups is 1. The van der Waals surface area contributed by atoms with Gasteiger partial charge in [-0.25, -0.2) is 9.38 Å². The Hall–Kier alpha value is -2.55. The molecular formula is C22H28ClFN4O3. The summed E-state index contributed by atoms with van der Waals surface area (Å²) in [6, 6.07) is 4.22. The second kappa shape index (κ2) is 10.2. The standard InChI is InChI=1S/C22H28ClFN4O3/c1-4-19(27-11-9-26(10-12-27)13-14-29)25-22-15(2)7-8-28(22)31-16(3)20-18(30)6-5-17(24)21(20)23/h4-8,16,29-30H,1,9-14H2,2-3H3/b25-19+. The van der Waals surface area contributed by atoms with Gasteiger partial charge in [0.25, 0.3) is 0 Å². The molecule has 1 aromatic carbocycles. The summed E-state index contributed by atoms with van der Waals surface area (Å²) in [6.07, 6.45) is 2.70. The molecule has 0 aliphatic carbocycles. The highest BCUT2D eigenvalue weighted by Gasteiger charge is 2.22. The molecule has 1 saturated heterocycles. The van der Waals surface area contributed by atoms with Gasteiger partial charge in [-0.05, 0) is 43.7 Å². The van der Waals surface area contributed by atoms with E-state index in [0.717, 1.165) is 43.6 Å². The van der Waals surface area contributed by atoms with Crippen LogP contribution in [0.1, 0.15) is 24.2 Å². The highest BCUT2D eigenvalue weighted by Crippen LogP contribution is 2.34. The first-order valence-corrected chi connectivity index (χ1v) is 10.5. The van der Waals surface area contributed by atoms with Gasteiger partial charge in [0.15, 0.2) is 11.9 Å². The van der Waals surface area contributed by atoms with E-state index in [2.05, 4.69) is 16.4 Å². The highest BCUT2D eigenvalue weighted by atomic mass is 35.5. The SMILES string of the molecule is C=C/C(=N\c1c(C)ccn1OC(C)c1c(O)ccc(F)c1Cl)N1CCN(CCO)CC1. The summed E-state index contributed by atoms with van der Waals surface area (Å²) in [4.78, 5) is 15.1. The molecule has 0 radical (unpaired) electrons. The molecule has 1 atom stereocenters. The first-order valence-electron chi connectivity index (χ1n) is 10.2. The normalized spacial score (nSPS) is 16.4. The fraction of sp³-hybridized carbons (Fsp3) is 0.409. The van der Waals surface area contributed by atoms with E-state index in [1.54, 1.807) is 19.2 Å². The largest absolute Gasteiger partial charge is 0.507 e. The first kappa shape index (κ1) is 23.1. The number of aliphatic imine (C=N–C) groups is 1. The van der Waals surface area contributed by atoms with Crippen molar-refractivity contribution >= 4 is 23.3 Å². The van der Waals surface area contributed by atoms with Crippen molar-refractivity contribution in [2.75, 3.05) is 39.3 Å². The van der Waals surface area contributed by atoms with Gasteiger partial charge in [-0.3, -0.25) is 4.90 Å². The molecule has 31 heavy (non-hydrogen) atoms. The number of aromatic hydroxyl groups is 1. The van der Waals surface area contributed by atoms with E-state index in [4.69, 9.17) is 26.5 Å². The third kappa shape index (κ3) is 5.20. The van der Waals surface area contributed by atoms with Crippen LogP contribution in [0.25, 0.3) is 0 Å². The van der Waals surface area contributed by atoms with E-state index in [0.29, 0.717) is 12.4 Å². The number of hydrogen-bond acceptors (Lipinski definition) is 5. The molecule has 2 heterocycles. The Kier molecular flexibility index (Phi) is 7.59. The van der Waals surface area contributed by atoms with Crippen molar-refractivity contribution in [3.8, 4) is 5.75 Å². The zero-order valence-electron chi connectivity index (χ0n) is 17.8. The minimum atomic E-state index is -0.724. The van der Waals surface area contributed by atoms with Crippen LogP contribution in [-0.2, 0) is 0 Å². The van der Waals surface area contributed by atoms with Crippen molar-refractivity contribution in [1.29, 1.82) is 0 Å². The molecule has 1 aliphatic rings. The van der Waals surface area contributed by atoms with Crippen molar-refractivity contribution in [3.63, 3.8) is 0 Å². The number of hydrogen-bond donors (Lipinski definition) is 2. The van der Waals surface area contributed by atoms with Crippen molar-refractivity contribution in [3.05, 3.63) is 59.0 Å². The summed E-state index contributed by atoms with van der Waals surface area (Å²) in [5, 5.41) is 19.1. The highest BCUT2D eigenvalue weighted by molar-refractivity contribution is 6.31. The van der Waals surface area contributed by atoms with Crippen LogP contribution in [0.5, 0.6) is 5.75 Å². The molecule has 7 nitrogen and oxygen atoms in total. The Bertz CT molecular complexity index is 954. The molecule has 1 aromatic heterocycles. The number of nitrogens with zero attached hydrogens (tertiary/aromatic N) is 4. The molecular weight excluding hydrogens is 423 g/mol. The zero-order valence-corrected chi connectivity index (χ0v) is 18.5. The predicted molar refractivity (Wildman–Crippen MR) is 120 cm³/mol. The van der Waals surface area contributed by atoms with Crippen molar-refractivity contribution in [2.24, 2.45) is 4.99 Å². The van der Waals surface area contributed by atoms with Gasteiger partial charge >= 0.3 is 0 Å². The monoisotopic (exact) mass is 450 g/mol. The van der Waals surface area contributed by atoms with Gasteiger partial charge in [0, 0.05) is 38.9 Å². The van der Waals surface area contributed by atoms with Gasteiger partial charge in [0.2, 0.25) is 0 Å². The Morgan fingerprint density at radius 1 is 1.32 bits per heavy atom. The molecule has 2 N–H and O–H groups in total. The topological polar surface area (TPSA) is 73.5 Å². The second-order valence-electron chi connectivity index (χ2n) is 7.42. The molecule has 0 saturated carbocycles. The predicted octanol–water partition coefficient (Wildman–Crippen LogP) is 3.31. The van der Waals surface area contributed by atoms with E-state index in [-0.39, 0.29) is 22.9 Å². The number of β-amino-alcohol motifs (C(OH)–C–C–N with tert-alkyl or cyclic N) is 1. The molecule has 3 rings (SSSR count). The fourth-order valence-electron chi connectivity index (χ4n) is 3.58. The third-order valence-corrected chi connectivity index (χ3v) is 5.71. The Morgan fingerprint density at radius 2 is 2.03 bits per heavy atom. The van der Waals surface area contributed by atoms with Crippen LogP contribution in [0, 0.1) is 12.7 Å². The Labute approximate surface area is 186 Å². The van der Waals surface area contributed by atoms with Crippen molar-refractivity contribution in [2.45, 2.75) is 20.0 Å². The van der Waals surface area contributed by atoms with Gasteiger partial charge in [0.05, 0.1) is 17.2 Å². The van der Waals surface area contributed by atoms with Crippen LogP contribution in [0.4, 0.5) is 10.2 Å². The summed E-state index contributed by atoms with van der Waals surface area (Å²) >= 11 is 6.06. The Balaban J connectivity index is 1.82. The van der Waals surface area contributed by atoms with E-state index in [1.165, 1.54) is 10.8 Å². The van der Waals surface area contributed by atoms with E-state index in [9.17, 15) is 9.50 Å². The lowest BCUT2D eigenvalue weighted by atomic mass is 10.1. The Morgan fingerprint density at radius 3 is 2.68 bits per heavy atom. The maximum Gasteiger partial charge on any atom is 0.173 e. The number of phenols is 1. The number of aliphatic hydroxyl groups is 1. The number of aromatic nitrogens is 1. The molecule has 0 amide bonds. The molecule has 1 unspecified atom stereocenters. The van der Waals surface area contributed by atoms with Crippen LogP contribution >= 0.6 is 11.6 Å². The maximum absolute atomic E-state index is 13.9. The summed E-state index contributed by atoms with van der Waals surface area (Å²) in [7, 11) is 0. The number of benzene rings is 1. The van der Waals surface area contributed by atoms with Gasteiger partial charge < -0.3 is 20.0 Å². The second-order valence-corrected chi connectivity index (χ2v) is 7.79. The molecule has 1 fully saturated rings. The van der Waals surface area contributed by atoms with E-state index < -0.39 is 11.9 Å². The van der Waals surface area contributed by atoms with Gasteiger partial charge in [-0.1, -0.05) is 18.2 Å². The molecule has 1 aliphatic heterocycles. The molecule has 168 valence electrons. The smallest absolute Gasteiger partial charge is 0.173 e. The van der Waals surface area contributed by atoms with Crippen LogP contribution in [0.3, 0.4) is 0 Å². The number of rotatable bonds is 7. The summed E-state index contributed by atoms with van der Waals surface area (Å²) in [6.45, 7) is 11.5. The van der Waals surface area contributed by atoms with Crippen LogP contribution in [0.15, 0.2) is 42.0 Å². The lowest BCUT2D eigenvalue weighted by Crippen LogP contribution is -2.48. The summed E-state index contributed by atoms with van der Waals surface area (Å²) in [5.41, 5.74) is 1.06. The maximum atomic E-state index is 13.9. The third-order valence-electron chi connectivity index (χ3n) is 5.32. The average Bonchev–Trinajstić information content (AvgIpc) is 3.09. The van der Waals surface area contributed by atoms with Crippen LogP contribution < -0.4 is 4.84 Å². The molecule has 0 spiro atoms. The quantitative estimate of drug-likeness (QED) is 0.500. The summed E-state index contributed by atoms with van der Waals surface area (Å²) in [5.74, 6) is 0.530. The number of phenolic OH excluding ortho intramolecular Hbond substituents is 1. The van der Waals surface area contributed by atoms with E-state index in [1.807, 2.05) is 13.0 Å². The zero-order chi connectivity index (χ0) is 22.5. The molecule has 9 heteroatoms. The number of aliphatic hydroxyl groups excluding tert-OH is 1. The van der Waals surface area contributed by atoms with Gasteiger partial charge in [-0.2, -0.15) is 4.73 Å². The molecule has 0 bridgehead atoms. The van der Waals surface area contributed by atoms with E-state index >= 15 is 0 Å². The first-order chi connectivity index (χ1) is 14.8. The lowest BCUT2D eigenvalue weighted by Gasteiger charge is -2.35. The van der Waals surface area contributed by atoms with Crippen LogP contribution in [0.2, 0.25) is 5.02 Å². The minimum Gasteiger partial charge on any atom is -0.507 e. The van der Waals surface area contributed by atoms with Crippen molar-refractivity contribution in [1.82, 2.24) is 14.5 Å². The number of aryl methyl sites for hydroxylation is 1. The average molecular weight is 451 g/mol. The molecule has 2 aromatic rings.